The molecule has 0 N–H and O–H groups in total. The number of hydrogen-bond acceptors (Lipinski definition) is 6. The first-order chi connectivity index (χ1) is 12.9. The average molecular weight is 430 g/mol. The first-order valence-corrected chi connectivity index (χ1v) is 8.91. The number of halogens is 1. The Labute approximate surface area is 162 Å². The molecule has 8 nitrogen and oxygen atoms in total. The molecule has 3 aromatic rings. The third-order valence-corrected chi connectivity index (χ3v) is 4.32. The molecule has 1 heterocycles. The van der Waals surface area contributed by atoms with Gasteiger partial charge in [0.25, 0.3) is 11.2 Å². The molecular weight excluding hydrogens is 416 g/mol. The number of nitro groups is 1. The minimum Gasteiger partial charge on any atom is -0.867 e. The fraction of sp³-hybridized carbons (Fsp3) is 0.167. The topological polar surface area (TPSA) is 113 Å². The zero-order chi connectivity index (χ0) is 19.6. The van der Waals surface area contributed by atoms with Crippen molar-refractivity contribution < 1.29 is 10.0 Å². The van der Waals surface area contributed by atoms with Crippen LogP contribution in [0.2, 0.25) is 0 Å². The van der Waals surface area contributed by atoms with Crippen molar-refractivity contribution in [3.05, 3.63) is 72.7 Å². The van der Waals surface area contributed by atoms with Crippen LogP contribution in [0, 0.1) is 10.1 Å². The van der Waals surface area contributed by atoms with E-state index < -0.39 is 16.4 Å². The van der Waals surface area contributed by atoms with Crippen molar-refractivity contribution in [2.45, 2.75) is 19.8 Å². The highest BCUT2D eigenvalue weighted by Gasteiger charge is 2.12. The van der Waals surface area contributed by atoms with Crippen LogP contribution in [0.5, 0.6) is 5.75 Å². The van der Waals surface area contributed by atoms with Gasteiger partial charge in [-0.15, -0.1) is 0 Å². The highest BCUT2D eigenvalue weighted by atomic mass is 79.9. The molecule has 0 aliphatic rings. The van der Waals surface area contributed by atoms with E-state index in [0.717, 1.165) is 23.4 Å². The second-order valence-corrected chi connectivity index (χ2v) is 6.67. The first-order valence-electron chi connectivity index (χ1n) is 8.12. The van der Waals surface area contributed by atoms with E-state index in [1.54, 1.807) is 24.3 Å². The maximum atomic E-state index is 12.8. The van der Waals surface area contributed by atoms with Crippen LogP contribution in [-0.4, -0.2) is 20.8 Å². The SMILES string of the molecule is CCCc1nc2ccccc2c(=O)n1/N=C\c1cc(Br)cc([N+](=O)[O-])c1[O-]. The second-order valence-electron chi connectivity index (χ2n) is 5.76. The van der Waals surface area contributed by atoms with Crippen molar-refractivity contribution in [3.8, 4) is 5.75 Å². The molecule has 0 radical (unpaired) electrons. The number of nitrogens with zero attached hydrogens (tertiary/aromatic N) is 4. The fourth-order valence-electron chi connectivity index (χ4n) is 2.63. The largest absolute Gasteiger partial charge is 0.867 e. The number of aryl methyl sites for hydroxylation is 1. The summed E-state index contributed by atoms with van der Waals surface area (Å²) in [6.07, 6.45) is 2.41. The lowest BCUT2D eigenvalue weighted by atomic mass is 10.2. The van der Waals surface area contributed by atoms with Crippen LogP contribution in [0.4, 0.5) is 5.69 Å². The fourth-order valence-corrected chi connectivity index (χ4v) is 3.09. The number of benzene rings is 2. The molecule has 0 bridgehead atoms. The van der Waals surface area contributed by atoms with E-state index in [0.29, 0.717) is 27.6 Å². The highest BCUT2D eigenvalue weighted by Crippen LogP contribution is 2.30. The van der Waals surface area contributed by atoms with Crippen molar-refractivity contribution >= 4 is 38.7 Å². The van der Waals surface area contributed by atoms with Crippen molar-refractivity contribution in [1.82, 2.24) is 9.66 Å². The molecule has 138 valence electrons. The third kappa shape index (κ3) is 3.72. The normalized spacial score (nSPS) is 11.3. The van der Waals surface area contributed by atoms with Gasteiger partial charge in [-0.2, -0.15) is 9.78 Å². The lowest BCUT2D eigenvalue weighted by Gasteiger charge is -2.12. The summed E-state index contributed by atoms with van der Waals surface area (Å²) in [4.78, 5) is 27.5. The Kier molecular flexibility index (Phi) is 5.31. The van der Waals surface area contributed by atoms with E-state index in [-0.39, 0.29) is 11.1 Å². The summed E-state index contributed by atoms with van der Waals surface area (Å²) in [5, 5.41) is 27.8. The van der Waals surface area contributed by atoms with E-state index >= 15 is 0 Å². The van der Waals surface area contributed by atoms with Crippen LogP contribution < -0.4 is 10.7 Å². The summed E-state index contributed by atoms with van der Waals surface area (Å²) < 4.78 is 1.51. The Hall–Kier alpha value is -3.07. The van der Waals surface area contributed by atoms with E-state index in [2.05, 4.69) is 26.0 Å². The van der Waals surface area contributed by atoms with Gasteiger partial charge >= 0.3 is 0 Å². The van der Waals surface area contributed by atoms with Gasteiger partial charge in [0.15, 0.2) is 0 Å². The summed E-state index contributed by atoms with van der Waals surface area (Å²) in [7, 11) is 0. The summed E-state index contributed by atoms with van der Waals surface area (Å²) in [5.41, 5.74) is -0.362. The summed E-state index contributed by atoms with van der Waals surface area (Å²) in [5.74, 6) is -0.319. The van der Waals surface area contributed by atoms with Crippen LogP contribution >= 0.6 is 15.9 Å². The van der Waals surface area contributed by atoms with Crippen LogP contribution in [0.25, 0.3) is 10.9 Å². The van der Waals surface area contributed by atoms with Crippen molar-refractivity contribution in [1.29, 1.82) is 0 Å². The van der Waals surface area contributed by atoms with E-state index in [4.69, 9.17) is 0 Å². The molecule has 0 fully saturated rings. The molecule has 3 rings (SSSR count). The number of hydrogen-bond donors (Lipinski definition) is 0. The zero-order valence-corrected chi connectivity index (χ0v) is 15.8. The lowest BCUT2D eigenvalue weighted by Crippen LogP contribution is -2.22. The number of para-hydroxylation sites is 1. The molecule has 0 unspecified atom stereocenters. The van der Waals surface area contributed by atoms with Crippen molar-refractivity contribution in [3.63, 3.8) is 0 Å². The third-order valence-electron chi connectivity index (χ3n) is 3.87. The van der Waals surface area contributed by atoms with Crippen molar-refractivity contribution in [2.24, 2.45) is 5.10 Å². The van der Waals surface area contributed by atoms with Gasteiger partial charge in [0.1, 0.15) is 5.82 Å². The smallest absolute Gasteiger partial charge is 0.282 e. The number of nitro benzene ring substituents is 1. The van der Waals surface area contributed by atoms with Gasteiger partial charge in [-0.3, -0.25) is 14.9 Å². The van der Waals surface area contributed by atoms with Crippen LogP contribution in [0.15, 0.2) is 50.8 Å². The van der Waals surface area contributed by atoms with Gasteiger partial charge in [0, 0.05) is 17.0 Å². The zero-order valence-electron chi connectivity index (χ0n) is 14.3. The summed E-state index contributed by atoms with van der Waals surface area (Å²) >= 11 is 3.14. The Morgan fingerprint density at radius 3 is 2.78 bits per heavy atom. The highest BCUT2D eigenvalue weighted by molar-refractivity contribution is 9.10. The first kappa shape index (κ1) is 18.7. The predicted octanol–water partition coefficient (Wildman–Crippen LogP) is 2.98. The van der Waals surface area contributed by atoms with Gasteiger partial charge in [0.05, 0.1) is 22.0 Å². The van der Waals surface area contributed by atoms with Gasteiger partial charge in [-0.1, -0.05) is 35.0 Å². The molecule has 0 aliphatic carbocycles. The number of rotatable bonds is 5. The van der Waals surface area contributed by atoms with Gasteiger partial charge in [-0.05, 0) is 35.9 Å². The summed E-state index contributed by atoms with van der Waals surface area (Å²) in [6, 6.07) is 9.46. The molecule has 0 aliphatic heterocycles. The van der Waals surface area contributed by atoms with Gasteiger partial charge in [-0.25, -0.2) is 4.98 Å². The molecule has 0 saturated heterocycles. The molecule has 0 saturated carbocycles. The molecule has 0 spiro atoms. The molecule has 0 atom stereocenters. The second kappa shape index (κ2) is 7.67. The molecular formula is C18H14BrN4O4-. The standard InChI is InChI=1S/C18H15BrN4O4/c1-2-5-16-21-14-7-4-3-6-13(14)18(25)22(16)20-10-11-8-12(19)9-15(17(11)24)23(26)27/h3-4,6-10,24H,2,5H2,1H3/p-1/b20-10-. The van der Waals surface area contributed by atoms with Crippen LogP contribution in [0.3, 0.4) is 0 Å². The van der Waals surface area contributed by atoms with E-state index in [1.165, 1.54) is 6.07 Å². The minimum absolute atomic E-state index is 0.00131. The van der Waals surface area contributed by atoms with Crippen LogP contribution in [0.1, 0.15) is 24.7 Å². The van der Waals surface area contributed by atoms with E-state index in [1.807, 2.05) is 6.92 Å². The minimum atomic E-state index is -0.772. The predicted molar refractivity (Wildman–Crippen MR) is 103 cm³/mol. The number of aromatic nitrogens is 2. The lowest BCUT2D eigenvalue weighted by molar-refractivity contribution is -0.398. The van der Waals surface area contributed by atoms with Crippen LogP contribution in [-0.2, 0) is 6.42 Å². The van der Waals surface area contributed by atoms with Crippen molar-refractivity contribution in [2.75, 3.05) is 0 Å². The van der Waals surface area contributed by atoms with Gasteiger partial charge < -0.3 is 5.11 Å². The Bertz CT molecular complexity index is 1120. The molecule has 2 aromatic carbocycles. The maximum Gasteiger partial charge on any atom is 0.282 e. The molecule has 1 aromatic heterocycles. The van der Waals surface area contributed by atoms with E-state index in [9.17, 15) is 20.0 Å². The molecule has 0 amide bonds. The quantitative estimate of drug-likeness (QED) is 0.351. The maximum absolute atomic E-state index is 12.8. The molecule has 27 heavy (non-hydrogen) atoms. The Morgan fingerprint density at radius 2 is 2.07 bits per heavy atom. The van der Waals surface area contributed by atoms with Gasteiger partial charge in [0.2, 0.25) is 0 Å². The Balaban J connectivity index is 2.17. The number of fused-ring (bicyclic) bond motifs is 1. The summed E-state index contributed by atoms with van der Waals surface area (Å²) in [6.45, 7) is 1.95. The Morgan fingerprint density at radius 1 is 1.33 bits per heavy atom. The molecule has 9 heteroatoms. The average Bonchev–Trinajstić information content (AvgIpc) is 2.64. The monoisotopic (exact) mass is 429 g/mol.